The molecular weight excluding hydrogens is 460 g/mol. The van der Waals surface area contributed by atoms with Crippen LogP contribution in [0.3, 0.4) is 0 Å². The molecule has 1 aromatic carbocycles. The standard InChI is InChI=1S/C21H25ClN2O5S2/c1-13-11-17(15(3)30-13)21(26)29-14(2)20(25)23-19-12-16(7-8-18(19)22)31(27,28)24-9-5-4-6-10-24/h7-8,11-12,14H,4-6,9-10H2,1-3H3,(H,23,25)/t14-/m1/s1. The van der Waals surface area contributed by atoms with Crippen molar-refractivity contribution in [3.05, 3.63) is 44.6 Å². The lowest BCUT2D eigenvalue weighted by Gasteiger charge is -2.26. The molecule has 2 heterocycles. The van der Waals surface area contributed by atoms with Crippen LogP contribution in [0.4, 0.5) is 5.69 Å². The number of anilines is 1. The predicted molar refractivity (Wildman–Crippen MR) is 121 cm³/mol. The summed E-state index contributed by atoms with van der Waals surface area (Å²) in [6.45, 7) is 6.09. The van der Waals surface area contributed by atoms with Crippen molar-refractivity contribution in [3.8, 4) is 0 Å². The lowest BCUT2D eigenvalue weighted by Crippen LogP contribution is -2.35. The second-order valence-corrected chi connectivity index (χ2v) is 11.3. The van der Waals surface area contributed by atoms with Gasteiger partial charge in [0.05, 0.1) is 21.2 Å². The van der Waals surface area contributed by atoms with Crippen LogP contribution in [0.25, 0.3) is 0 Å². The molecule has 0 bridgehead atoms. The molecule has 1 fully saturated rings. The number of hydrogen-bond donors (Lipinski definition) is 1. The molecule has 1 amide bonds. The van der Waals surface area contributed by atoms with Crippen molar-refractivity contribution >= 4 is 50.5 Å². The molecule has 0 saturated carbocycles. The van der Waals surface area contributed by atoms with Crippen LogP contribution in [-0.2, 0) is 19.6 Å². The summed E-state index contributed by atoms with van der Waals surface area (Å²) in [5.74, 6) is -1.19. The molecule has 1 saturated heterocycles. The van der Waals surface area contributed by atoms with Crippen molar-refractivity contribution < 1.29 is 22.7 Å². The monoisotopic (exact) mass is 484 g/mol. The SMILES string of the molecule is Cc1cc(C(=O)O[C@H](C)C(=O)Nc2cc(S(=O)(=O)N3CCCCC3)ccc2Cl)c(C)s1. The number of halogens is 1. The number of aryl methyl sites for hydroxylation is 2. The number of ether oxygens (including phenoxy) is 1. The van der Waals surface area contributed by atoms with E-state index in [1.54, 1.807) is 6.07 Å². The smallest absolute Gasteiger partial charge is 0.340 e. The highest BCUT2D eigenvalue weighted by Crippen LogP contribution is 2.29. The summed E-state index contributed by atoms with van der Waals surface area (Å²) in [5.41, 5.74) is 0.574. The maximum atomic E-state index is 12.9. The van der Waals surface area contributed by atoms with Crippen molar-refractivity contribution in [2.45, 2.75) is 51.0 Å². The van der Waals surface area contributed by atoms with Gasteiger partial charge < -0.3 is 10.1 Å². The van der Waals surface area contributed by atoms with Gasteiger partial charge in [-0.15, -0.1) is 11.3 Å². The molecule has 1 aliphatic heterocycles. The quantitative estimate of drug-likeness (QED) is 0.614. The van der Waals surface area contributed by atoms with Gasteiger partial charge in [-0.3, -0.25) is 4.79 Å². The Balaban J connectivity index is 1.72. The molecule has 0 aliphatic carbocycles. The number of piperidine rings is 1. The third kappa shape index (κ3) is 5.46. The van der Waals surface area contributed by atoms with Gasteiger partial charge in [0, 0.05) is 22.8 Å². The summed E-state index contributed by atoms with van der Waals surface area (Å²) in [6, 6.07) is 5.92. The fourth-order valence-electron chi connectivity index (χ4n) is 3.36. The van der Waals surface area contributed by atoms with Gasteiger partial charge in [0.15, 0.2) is 6.10 Å². The van der Waals surface area contributed by atoms with Gasteiger partial charge in [-0.25, -0.2) is 13.2 Å². The molecule has 0 radical (unpaired) electrons. The summed E-state index contributed by atoms with van der Waals surface area (Å²) in [7, 11) is -3.68. The summed E-state index contributed by atoms with van der Waals surface area (Å²) in [6.07, 6.45) is 1.56. The van der Waals surface area contributed by atoms with Gasteiger partial charge in [0.1, 0.15) is 0 Å². The Bertz CT molecular complexity index is 1090. The average Bonchev–Trinajstić information content (AvgIpc) is 3.08. The molecule has 0 unspecified atom stereocenters. The summed E-state index contributed by atoms with van der Waals surface area (Å²) in [5, 5.41) is 2.76. The van der Waals surface area contributed by atoms with E-state index in [1.807, 2.05) is 13.8 Å². The van der Waals surface area contributed by atoms with E-state index in [1.165, 1.54) is 40.8 Å². The van der Waals surface area contributed by atoms with Crippen molar-refractivity contribution in [2.75, 3.05) is 18.4 Å². The summed E-state index contributed by atoms with van der Waals surface area (Å²) < 4.78 is 32.5. The number of nitrogens with zero attached hydrogens (tertiary/aromatic N) is 1. The molecule has 0 spiro atoms. The van der Waals surface area contributed by atoms with Gasteiger partial charge in [0.2, 0.25) is 10.0 Å². The molecule has 31 heavy (non-hydrogen) atoms. The van der Waals surface area contributed by atoms with Crippen LogP contribution in [0.2, 0.25) is 5.02 Å². The first-order valence-corrected chi connectivity index (χ1v) is 12.6. The first kappa shape index (κ1) is 23.7. The van der Waals surface area contributed by atoms with Crippen LogP contribution in [-0.4, -0.2) is 43.8 Å². The molecule has 7 nitrogen and oxygen atoms in total. The number of carbonyl (C=O) groups is 2. The summed E-state index contributed by atoms with van der Waals surface area (Å²) in [4.78, 5) is 26.8. The average molecular weight is 485 g/mol. The van der Waals surface area contributed by atoms with Crippen molar-refractivity contribution in [1.82, 2.24) is 4.31 Å². The first-order chi connectivity index (χ1) is 14.6. The van der Waals surface area contributed by atoms with Crippen LogP contribution in [0.15, 0.2) is 29.2 Å². The predicted octanol–water partition coefficient (Wildman–Crippen LogP) is 4.38. The van der Waals surface area contributed by atoms with E-state index in [0.717, 1.165) is 29.0 Å². The van der Waals surface area contributed by atoms with Crippen LogP contribution >= 0.6 is 22.9 Å². The minimum absolute atomic E-state index is 0.0584. The van der Waals surface area contributed by atoms with Crippen LogP contribution in [0.5, 0.6) is 0 Å². The van der Waals surface area contributed by atoms with Gasteiger partial charge in [-0.05, 0) is 57.9 Å². The number of sulfonamides is 1. The van der Waals surface area contributed by atoms with E-state index < -0.39 is 28.0 Å². The zero-order valence-corrected chi connectivity index (χ0v) is 20.0. The largest absolute Gasteiger partial charge is 0.449 e. The Morgan fingerprint density at radius 3 is 2.45 bits per heavy atom. The second kappa shape index (κ2) is 9.68. The highest BCUT2D eigenvalue weighted by molar-refractivity contribution is 7.89. The van der Waals surface area contributed by atoms with Gasteiger partial charge in [0.25, 0.3) is 5.91 Å². The zero-order chi connectivity index (χ0) is 22.8. The zero-order valence-electron chi connectivity index (χ0n) is 17.6. The van der Waals surface area contributed by atoms with Gasteiger partial charge in [-0.1, -0.05) is 18.0 Å². The van der Waals surface area contributed by atoms with Crippen LogP contribution in [0.1, 0.15) is 46.3 Å². The van der Waals surface area contributed by atoms with E-state index in [-0.39, 0.29) is 15.6 Å². The fourth-order valence-corrected chi connectivity index (χ4v) is 5.98. The van der Waals surface area contributed by atoms with Gasteiger partial charge in [-0.2, -0.15) is 4.31 Å². The Labute approximate surface area is 191 Å². The van der Waals surface area contributed by atoms with Gasteiger partial charge >= 0.3 is 5.97 Å². The molecular formula is C21H25ClN2O5S2. The third-order valence-electron chi connectivity index (χ3n) is 5.06. The number of nitrogens with one attached hydrogen (secondary N) is 1. The highest BCUT2D eigenvalue weighted by Gasteiger charge is 2.27. The molecule has 1 atom stereocenters. The first-order valence-electron chi connectivity index (χ1n) is 9.98. The molecule has 1 aliphatic rings. The Kier molecular flexibility index (Phi) is 7.41. The number of hydrogen-bond acceptors (Lipinski definition) is 6. The van der Waals surface area contributed by atoms with E-state index in [2.05, 4.69) is 5.32 Å². The molecule has 3 rings (SSSR count). The lowest BCUT2D eigenvalue weighted by molar-refractivity contribution is -0.123. The number of benzene rings is 1. The molecule has 2 aromatic rings. The van der Waals surface area contributed by atoms with E-state index in [9.17, 15) is 18.0 Å². The fraction of sp³-hybridized carbons (Fsp3) is 0.429. The maximum Gasteiger partial charge on any atom is 0.340 e. The highest BCUT2D eigenvalue weighted by atomic mass is 35.5. The molecule has 168 valence electrons. The topological polar surface area (TPSA) is 92.8 Å². The molecule has 1 N–H and O–H groups in total. The Hall–Kier alpha value is -1.94. The Morgan fingerprint density at radius 1 is 1.16 bits per heavy atom. The van der Waals surface area contributed by atoms with E-state index >= 15 is 0 Å². The second-order valence-electron chi connectivity index (χ2n) is 7.47. The van der Waals surface area contributed by atoms with Crippen molar-refractivity contribution in [1.29, 1.82) is 0 Å². The van der Waals surface area contributed by atoms with Crippen LogP contribution in [0, 0.1) is 13.8 Å². The van der Waals surface area contributed by atoms with Crippen molar-refractivity contribution in [3.63, 3.8) is 0 Å². The van der Waals surface area contributed by atoms with Crippen LogP contribution < -0.4 is 5.32 Å². The van der Waals surface area contributed by atoms with E-state index in [0.29, 0.717) is 18.7 Å². The molecule has 10 heteroatoms. The number of esters is 1. The normalized spacial score (nSPS) is 16.0. The number of amides is 1. The maximum absolute atomic E-state index is 12.9. The minimum atomic E-state index is -3.68. The number of rotatable bonds is 6. The summed E-state index contributed by atoms with van der Waals surface area (Å²) >= 11 is 7.65. The third-order valence-corrected chi connectivity index (χ3v) is 8.25. The minimum Gasteiger partial charge on any atom is -0.449 e. The van der Waals surface area contributed by atoms with Crippen molar-refractivity contribution in [2.24, 2.45) is 0 Å². The number of thiophene rings is 1. The number of carbonyl (C=O) groups excluding carboxylic acids is 2. The molecule has 1 aromatic heterocycles. The van der Waals surface area contributed by atoms with E-state index in [4.69, 9.17) is 16.3 Å². The Morgan fingerprint density at radius 2 is 1.84 bits per heavy atom. The lowest BCUT2D eigenvalue weighted by atomic mass is 10.2.